The molecule has 0 aliphatic carbocycles. The largest absolute Gasteiger partial charge is 0.449 e. The standard InChI is InChI=1S/C17H15Cl2NO2/c18-15-7-6-13(8-16(15)19)14-10-20(17(21)22-11-14)9-12-4-2-1-3-5-12/h1-8,14H,9-11H2. The van der Waals surface area contributed by atoms with E-state index in [4.69, 9.17) is 27.9 Å². The molecule has 1 fully saturated rings. The van der Waals surface area contributed by atoms with Gasteiger partial charge in [0.25, 0.3) is 0 Å². The van der Waals surface area contributed by atoms with E-state index in [0.717, 1.165) is 11.1 Å². The lowest BCUT2D eigenvalue weighted by molar-refractivity contribution is 0.0587. The maximum Gasteiger partial charge on any atom is 0.410 e. The van der Waals surface area contributed by atoms with Crippen molar-refractivity contribution < 1.29 is 9.53 Å². The summed E-state index contributed by atoms with van der Waals surface area (Å²) in [6.07, 6.45) is -0.278. The highest BCUT2D eigenvalue weighted by Gasteiger charge is 2.28. The van der Waals surface area contributed by atoms with Crippen LogP contribution in [0.3, 0.4) is 0 Å². The summed E-state index contributed by atoms with van der Waals surface area (Å²) >= 11 is 12.0. The average Bonchev–Trinajstić information content (AvgIpc) is 2.53. The lowest BCUT2D eigenvalue weighted by atomic mass is 9.98. The second-order valence-corrected chi connectivity index (χ2v) is 6.13. The highest BCUT2D eigenvalue weighted by atomic mass is 35.5. The Balaban J connectivity index is 1.75. The van der Waals surface area contributed by atoms with Crippen LogP contribution in [0.4, 0.5) is 4.79 Å². The Bertz CT molecular complexity index is 676. The van der Waals surface area contributed by atoms with Gasteiger partial charge < -0.3 is 9.64 Å². The predicted molar refractivity (Wildman–Crippen MR) is 87.4 cm³/mol. The highest BCUT2D eigenvalue weighted by Crippen LogP contribution is 2.29. The van der Waals surface area contributed by atoms with Gasteiger partial charge >= 0.3 is 6.09 Å². The van der Waals surface area contributed by atoms with Crippen LogP contribution in [-0.2, 0) is 11.3 Å². The third-order valence-electron chi connectivity index (χ3n) is 3.74. The van der Waals surface area contributed by atoms with E-state index in [1.54, 1.807) is 11.0 Å². The Morgan fingerprint density at radius 3 is 2.59 bits per heavy atom. The number of halogens is 2. The van der Waals surface area contributed by atoms with Gasteiger partial charge in [-0.1, -0.05) is 59.6 Å². The summed E-state index contributed by atoms with van der Waals surface area (Å²) in [7, 11) is 0. The van der Waals surface area contributed by atoms with Crippen molar-refractivity contribution in [2.24, 2.45) is 0 Å². The zero-order chi connectivity index (χ0) is 15.5. The molecule has 3 rings (SSSR count). The van der Waals surface area contributed by atoms with Crippen molar-refractivity contribution in [3.63, 3.8) is 0 Å². The first kappa shape index (κ1) is 15.2. The van der Waals surface area contributed by atoms with Gasteiger partial charge in [-0.2, -0.15) is 0 Å². The average molecular weight is 336 g/mol. The lowest BCUT2D eigenvalue weighted by Crippen LogP contribution is -2.41. The van der Waals surface area contributed by atoms with E-state index in [1.807, 2.05) is 42.5 Å². The van der Waals surface area contributed by atoms with Gasteiger partial charge in [0.05, 0.1) is 10.0 Å². The molecule has 22 heavy (non-hydrogen) atoms. The Hall–Kier alpha value is -1.71. The van der Waals surface area contributed by atoms with Crippen LogP contribution in [0.1, 0.15) is 17.0 Å². The van der Waals surface area contributed by atoms with Gasteiger partial charge in [-0.05, 0) is 23.3 Å². The monoisotopic (exact) mass is 335 g/mol. The molecular formula is C17H15Cl2NO2. The van der Waals surface area contributed by atoms with Crippen LogP contribution < -0.4 is 0 Å². The molecule has 1 amide bonds. The van der Waals surface area contributed by atoms with Crippen LogP contribution in [0.5, 0.6) is 0 Å². The molecule has 0 spiro atoms. The van der Waals surface area contributed by atoms with Crippen molar-refractivity contribution in [1.29, 1.82) is 0 Å². The molecule has 5 heteroatoms. The van der Waals surface area contributed by atoms with Crippen LogP contribution in [-0.4, -0.2) is 24.1 Å². The van der Waals surface area contributed by atoms with Crippen LogP contribution >= 0.6 is 23.2 Å². The maximum atomic E-state index is 12.0. The molecule has 2 aromatic carbocycles. The third kappa shape index (κ3) is 3.37. The van der Waals surface area contributed by atoms with Gasteiger partial charge in [-0.15, -0.1) is 0 Å². The topological polar surface area (TPSA) is 29.5 Å². The molecule has 1 saturated heterocycles. The van der Waals surface area contributed by atoms with Crippen LogP contribution in [0.25, 0.3) is 0 Å². The number of benzene rings is 2. The molecule has 2 aromatic rings. The van der Waals surface area contributed by atoms with Gasteiger partial charge in [0.1, 0.15) is 6.61 Å². The Morgan fingerprint density at radius 2 is 1.86 bits per heavy atom. The summed E-state index contributed by atoms with van der Waals surface area (Å²) < 4.78 is 5.31. The van der Waals surface area contributed by atoms with E-state index >= 15 is 0 Å². The highest BCUT2D eigenvalue weighted by molar-refractivity contribution is 6.42. The summed E-state index contributed by atoms with van der Waals surface area (Å²) in [6, 6.07) is 15.4. The quantitative estimate of drug-likeness (QED) is 0.811. The van der Waals surface area contributed by atoms with Crippen molar-refractivity contribution >= 4 is 29.3 Å². The minimum atomic E-state index is -0.278. The molecule has 0 N–H and O–H groups in total. The summed E-state index contributed by atoms with van der Waals surface area (Å²) in [6.45, 7) is 1.51. The number of carbonyl (C=O) groups is 1. The molecule has 1 unspecified atom stereocenters. The number of cyclic esters (lactones) is 1. The summed E-state index contributed by atoms with van der Waals surface area (Å²) in [4.78, 5) is 13.7. The Labute approximate surface area is 139 Å². The van der Waals surface area contributed by atoms with Crippen molar-refractivity contribution in [1.82, 2.24) is 4.90 Å². The summed E-state index contributed by atoms with van der Waals surface area (Å²) in [5.41, 5.74) is 2.11. The molecule has 1 heterocycles. The molecule has 3 nitrogen and oxygen atoms in total. The molecule has 0 saturated carbocycles. The van der Waals surface area contributed by atoms with E-state index in [-0.39, 0.29) is 12.0 Å². The van der Waals surface area contributed by atoms with Gasteiger partial charge in [-0.25, -0.2) is 4.79 Å². The molecule has 0 bridgehead atoms. The first-order chi connectivity index (χ1) is 10.6. The van der Waals surface area contributed by atoms with Gasteiger partial charge in [0.2, 0.25) is 0 Å². The number of ether oxygens (including phenoxy) is 1. The number of nitrogens with zero attached hydrogens (tertiary/aromatic N) is 1. The lowest BCUT2D eigenvalue weighted by Gasteiger charge is -2.32. The molecule has 1 aliphatic heterocycles. The van der Waals surface area contributed by atoms with E-state index in [1.165, 1.54) is 0 Å². The number of rotatable bonds is 3. The molecule has 114 valence electrons. The second-order valence-electron chi connectivity index (χ2n) is 5.31. The summed E-state index contributed by atoms with van der Waals surface area (Å²) in [5.74, 6) is 0.0937. The first-order valence-electron chi connectivity index (χ1n) is 7.04. The zero-order valence-corrected chi connectivity index (χ0v) is 13.3. The minimum Gasteiger partial charge on any atom is -0.449 e. The number of hydrogen-bond acceptors (Lipinski definition) is 2. The number of hydrogen-bond donors (Lipinski definition) is 0. The molecule has 0 radical (unpaired) electrons. The fourth-order valence-electron chi connectivity index (χ4n) is 2.56. The van der Waals surface area contributed by atoms with Gasteiger partial charge in [0, 0.05) is 19.0 Å². The zero-order valence-electron chi connectivity index (χ0n) is 11.8. The van der Waals surface area contributed by atoms with E-state index in [0.29, 0.717) is 29.7 Å². The molecular weight excluding hydrogens is 321 g/mol. The normalized spacial score (nSPS) is 18.2. The van der Waals surface area contributed by atoms with Crippen molar-refractivity contribution in [3.8, 4) is 0 Å². The molecule has 1 atom stereocenters. The van der Waals surface area contributed by atoms with Gasteiger partial charge in [0.15, 0.2) is 0 Å². The molecule has 1 aliphatic rings. The molecule has 0 aromatic heterocycles. The fraction of sp³-hybridized carbons (Fsp3) is 0.235. The van der Waals surface area contributed by atoms with Crippen LogP contribution in [0, 0.1) is 0 Å². The van der Waals surface area contributed by atoms with E-state index < -0.39 is 0 Å². The van der Waals surface area contributed by atoms with Crippen molar-refractivity contribution in [2.45, 2.75) is 12.5 Å². The summed E-state index contributed by atoms with van der Waals surface area (Å²) in [5, 5.41) is 1.05. The van der Waals surface area contributed by atoms with E-state index in [9.17, 15) is 4.79 Å². The predicted octanol–water partition coefficient (Wildman–Crippen LogP) is 4.73. The van der Waals surface area contributed by atoms with Crippen LogP contribution in [0.2, 0.25) is 10.0 Å². The maximum absolute atomic E-state index is 12.0. The third-order valence-corrected chi connectivity index (χ3v) is 4.48. The SMILES string of the molecule is O=C1OCC(c2ccc(Cl)c(Cl)c2)CN1Cc1ccccc1. The number of carbonyl (C=O) groups excluding carboxylic acids is 1. The second kappa shape index (κ2) is 6.59. The Morgan fingerprint density at radius 1 is 1.09 bits per heavy atom. The number of amides is 1. The Kier molecular flexibility index (Phi) is 4.55. The fourth-order valence-corrected chi connectivity index (χ4v) is 2.86. The smallest absolute Gasteiger partial charge is 0.410 e. The minimum absolute atomic E-state index is 0.0937. The van der Waals surface area contributed by atoms with E-state index in [2.05, 4.69) is 0 Å². The van der Waals surface area contributed by atoms with Crippen molar-refractivity contribution in [2.75, 3.05) is 13.2 Å². The van der Waals surface area contributed by atoms with Gasteiger partial charge in [-0.3, -0.25) is 0 Å². The van der Waals surface area contributed by atoms with Crippen LogP contribution in [0.15, 0.2) is 48.5 Å². The first-order valence-corrected chi connectivity index (χ1v) is 7.79. The van der Waals surface area contributed by atoms with Crippen molar-refractivity contribution in [3.05, 3.63) is 69.7 Å².